The molecule has 0 radical (unpaired) electrons. The second kappa shape index (κ2) is 13.1. The molecule has 0 amide bonds. The van der Waals surface area contributed by atoms with E-state index in [1.807, 2.05) is 12.1 Å². The Morgan fingerprint density at radius 3 is 2.17 bits per heavy atom. The first-order valence-corrected chi connectivity index (χ1v) is 9.32. The number of aliphatic hydroxyl groups is 2. The number of phenols is 1. The Morgan fingerprint density at radius 1 is 0.917 bits per heavy atom. The number of hydrogen-bond acceptors (Lipinski definition) is 4. The van der Waals surface area contributed by atoms with Crippen LogP contribution in [-0.2, 0) is 6.42 Å². The van der Waals surface area contributed by atoms with Crippen molar-refractivity contribution in [1.82, 2.24) is 0 Å². The van der Waals surface area contributed by atoms with Crippen molar-refractivity contribution in [2.24, 2.45) is 0 Å². The Morgan fingerprint density at radius 2 is 1.54 bits per heavy atom. The van der Waals surface area contributed by atoms with Gasteiger partial charge in [0.05, 0.1) is 13.2 Å². The lowest BCUT2D eigenvalue weighted by molar-refractivity contribution is 0.151. The molecule has 0 aliphatic rings. The summed E-state index contributed by atoms with van der Waals surface area (Å²) < 4.78 is 5.10. The summed E-state index contributed by atoms with van der Waals surface area (Å²) in [6.45, 7) is 0.314. The van der Waals surface area contributed by atoms with Gasteiger partial charge in [-0.3, -0.25) is 0 Å². The van der Waals surface area contributed by atoms with Crippen LogP contribution in [0, 0.1) is 0 Å². The van der Waals surface area contributed by atoms with E-state index in [1.165, 1.54) is 32.1 Å². The predicted molar refractivity (Wildman–Crippen MR) is 97.6 cm³/mol. The molecule has 0 fully saturated rings. The topological polar surface area (TPSA) is 69.9 Å². The van der Waals surface area contributed by atoms with Crippen LogP contribution in [0.3, 0.4) is 0 Å². The van der Waals surface area contributed by atoms with E-state index in [-0.39, 0.29) is 11.9 Å². The summed E-state index contributed by atoms with van der Waals surface area (Å²) in [6, 6.07) is 5.35. The summed E-state index contributed by atoms with van der Waals surface area (Å²) in [5, 5.41) is 28.4. The number of unbranched alkanes of at least 4 members (excludes halogenated alkanes) is 7. The Kier molecular flexibility index (Phi) is 11.3. The zero-order valence-electron chi connectivity index (χ0n) is 15.0. The second-order valence-electron chi connectivity index (χ2n) is 6.54. The maximum Gasteiger partial charge on any atom is 0.160 e. The van der Waals surface area contributed by atoms with Crippen LogP contribution in [0.2, 0.25) is 0 Å². The molecule has 1 rings (SSSR count). The lowest BCUT2D eigenvalue weighted by Gasteiger charge is -2.11. The first-order chi connectivity index (χ1) is 11.7. The number of rotatable bonds is 14. The van der Waals surface area contributed by atoms with Crippen molar-refractivity contribution in [3.63, 3.8) is 0 Å². The molecule has 0 aromatic heterocycles. The van der Waals surface area contributed by atoms with E-state index >= 15 is 0 Å². The average molecular weight is 338 g/mol. The molecular formula is C20H34O4. The van der Waals surface area contributed by atoms with Gasteiger partial charge in [0, 0.05) is 6.61 Å². The number of phenolic OH excluding ortho intramolecular Hbond substituents is 1. The fraction of sp³-hybridized carbons (Fsp3) is 0.700. The molecule has 138 valence electrons. The van der Waals surface area contributed by atoms with E-state index in [1.54, 1.807) is 13.2 Å². The lowest BCUT2D eigenvalue weighted by atomic mass is 10.0. The second-order valence-corrected chi connectivity index (χ2v) is 6.54. The molecule has 0 saturated carbocycles. The fourth-order valence-corrected chi connectivity index (χ4v) is 2.91. The van der Waals surface area contributed by atoms with Gasteiger partial charge in [-0.25, -0.2) is 0 Å². The minimum atomic E-state index is -0.255. The van der Waals surface area contributed by atoms with Crippen LogP contribution in [-0.4, -0.2) is 35.1 Å². The zero-order valence-corrected chi connectivity index (χ0v) is 15.0. The summed E-state index contributed by atoms with van der Waals surface area (Å²) >= 11 is 0. The molecule has 0 heterocycles. The summed E-state index contributed by atoms with van der Waals surface area (Å²) in [5.74, 6) is 0.638. The first kappa shape index (κ1) is 20.8. The van der Waals surface area contributed by atoms with Crippen LogP contribution in [0.5, 0.6) is 11.5 Å². The highest BCUT2D eigenvalue weighted by atomic mass is 16.5. The van der Waals surface area contributed by atoms with Crippen molar-refractivity contribution >= 4 is 0 Å². The smallest absolute Gasteiger partial charge is 0.160 e. The summed E-state index contributed by atoms with van der Waals surface area (Å²) in [6.07, 6.45) is 11.4. The normalized spacial score (nSPS) is 12.3. The Labute approximate surface area is 146 Å². The molecule has 0 saturated heterocycles. The molecular weight excluding hydrogens is 304 g/mol. The third kappa shape index (κ3) is 9.14. The van der Waals surface area contributed by atoms with Crippen LogP contribution in [0.4, 0.5) is 0 Å². The zero-order chi connectivity index (χ0) is 17.6. The summed E-state index contributed by atoms with van der Waals surface area (Å²) in [4.78, 5) is 0. The minimum absolute atomic E-state index is 0.151. The Bertz CT molecular complexity index is 434. The minimum Gasteiger partial charge on any atom is -0.504 e. The molecule has 1 aromatic rings. The molecule has 1 atom stereocenters. The molecule has 1 unspecified atom stereocenters. The summed E-state index contributed by atoms with van der Waals surface area (Å²) in [5.41, 5.74) is 1.08. The van der Waals surface area contributed by atoms with E-state index in [9.17, 15) is 10.2 Å². The summed E-state index contributed by atoms with van der Waals surface area (Å²) in [7, 11) is 1.54. The van der Waals surface area contributed by atoms with E-state index in [0.29, 0.717) is 12.4 Å². The third-order valence-corrected chi connectivity index (χ3v) is 4.46. The number of benzene rings is 1. The van der Waals surface area contributed by atoms with Gasteiger partial charge < -0.3 is 20.1 Å². The molecule has 0 aliphatic carbocycles. The number of aryl methyl sites for hydroxylation is 1. The Balaban J connectivity index is 2.05. The highest BCUT2D eigenvalue weighted by Gasteiger charge is 2.07. The van der Waals surface area contributed by atoms with Crippen LogP contribution < -0.4 is 4.74 Å². The van der Waals surface area contributed by atoms with Gasteiger partial charge in [0.25, 0.3) is 0 Å². The standard InChI is InChI=1S/C20H34O4/c1-24-20-16-17(12-14-19(20)23)11-13-18(22)10-8-6-4-2-3-5-7-9-15-21/h12,14,16,18,21-23H,2-11,13,15H2,1H3. The molecule has 4 heteroatoms. The van der Waals surface area contributed by atoms with Gasteiger partial charge >= 0.3 is 0 Å². The highest BCUT2D eigenvalue weighted by Crippen LogP contribution is 2.27. The SMILES string of the molecule is COc1cc(CCC(O)CCCCCCCCCCO)ccc1O. The number of methoxy groups -OCH3 is 1. The van der Waals surface area contributed by atoms with E-state index in [4.69, 9.17) is 9.84 Å². The van der Waals surface area contributed by atoms with E-state index < -0.39 is 0 Å². The third-order valence-electron chi connectivity index (χ3n) is 4.46. The quantitative estimate of drug-likeness (QED) is 0.445. The van der Waals surface area contributed by atoms with Crippen LogP contribution >= 0.6 is 0 Å². The molecule has 24 heavy (non-hydrogen) atoms. The Hall–Kier alpha value is -1.26. The molecule has 1 aromatic carbocycles. The van der Waals surface area contributed by atoms with Gasteiger partial charge in [0.15, 0.2) is 11.5 Å². The number of aromatic hydroxyl groups is 1. The highest BCUT2D eigenvalue weighted by molar-refractivity contribution is 5.41. The first-order valence-electron chi connectivity index (χ1n) is 9.32. The number of ether oxygens (including phenoxy) is 1. The van der Waals surface area contributed by atoms with Crippen molar-refractivity contribution in [1.29, 1.82) is 0 Å². The largest absolute Gasteiger partial charge is 0.504 e. The van der Waals surface area contributed by atoms with Gasteiger partial charge in [-0.2, -0.15) is 0 Å². The monoisotopic (exact) mass is 338 g/mol. The van der Waals surface area contributed by atoms with Crippen LogP contribution in [0.1, 0.15) is 69.8 Å². The number of aliphatic hydroxyl groups excluding tert-OH is 2. The molecule has 0 aliphatic heterocycles. The van der Waals surface area contributed by atoms with Crippen molar-refractivity contribution in [2.75, 3.05) is 13.7 Å². The average Bonchev–Trinajstić information content (AvgIpc) is 2.59. The molecule has 3 N–H and O–H groups in total. The molecule has 0 bridgehead atoms. The molecule has 4 nitrogen and oxygen atoms in total. The van der Waals surface area contributed by atoms with Gasteiger partial charge in [-0.05, 0) is 43.4 Å². The van der Waals surface area contributed by atoms with Crippen molar-refractivity contribution in [3.8, 4) is 11.5 Å². The lowest BCUT2D eigenvalue weighted by Crippen LogP contribution is -2.07. The van der Waals surface area contributed by atoms with Gasteiger partial charge in [0.2, 0.25) is 0 Å². The maximum atomic E-state index is 10.1. The van der Waals surface area contributed by atoms with E-state index in [0.717, 1.165) is 44.1 Å². The van der Waals surface area contributed by atoms with Crippen LogP contribution in [0.15, 0.2) is 18.2 Å². The number of hydrogen-bond donors (Lipinski definition) is 3. The fourth-order valence-electron chi connectivity index (χ4n) is 2.91. The van der Waals surface area contributed by atoms with Crippen LogP contribution in [0.25, 0.3) is 0 Å². The van der Waals surface area contributed by atoms with Gasteiger partial charge in [0.1, 0.15) is 0 Å². The van der Waals surface area contributed by atoms with Crippen molar-refractivity contribution in [3.05, 3.63) is 23.8 Å². The van der Waals surface area contributed by atoms with Crippen molar-refractivity contribution in [2.45, 2.75) is 76.7 Å². The maximum absolute atomic E-state index is 10.1. The predicted octanol–water partition coefficient (Wildman–Crippen LogP) is 4.20. The van der Waals surface area contributed by atoms with Gasteiger partial charge in [-0.1, -0.05) is 51.0 Å². The van der Waals surface area contributed by atoms with Gasteiger partial charge in [-0.15, -0.1) is 0 Å². The van der Waals surface area contributed by atoms with Crippen molar-refractivity contribution < 1.29 is 20.1 Å². The van der Waals surface area contributed by atoms with E-state index in [2.05, 4.69) is 0 Å². The molecule has 0 spiro atoms.